The fourth-order valence-corrected chi connectivity index (χ4v) is 1.90. The Morgan fingerprint density at radius 2 is 1.94 bits per heavy atom. The Kier molecular flexibility index (Phi) is 6.25. The van der Waals surface area contributed by atoms with E-state index >= 15 is 0 Å². The molecule has 1 rings (SSSR count). The van der Waals surface area contributed by atoms with E-state index in [4.69, 9.17) is 9.47 Å². The van der Waals surface area contributed by atoms with Crippen molar-refractivity contribution in [2.24, 2.45) is 0 Å². The molecule has 1 unspecified atom stereocenters. The number of ether oxygens (including phenoxy) is 2. The van der Waals surface area contributed by atoms with E-state index in [0.717, 1.165) is 18.5 Å². The van der Waals surface area contributed by atoms with E-state index in [1.165, 1.54) is 6.07 Å². The van der Waals surface area contributed by atoms with Gasteiger partial charge in [-0.15, -0.1) is 0 Å². The molecular formula is C14H22FNO2. The smallest absolute Gasteiger partial charge is 0.176 e. The van der Waals surface area contributed by atoms with Gasteiger partial charge in [0.05, 0.1) is 6.04 Å². The lowest BCUT2D eigenvalue weighted by molar-refractivity contribution is -0.124. The largest absolute Gasteiger partial charge is 0.354 e. The van der Waals surface area contributed by atoms with Crippen molar-refractivity contribution in [2.45, 2.75) is 32.6 Å². The average Bonchev–Trinajstić information content (AvgIpc) is 2.38. The van der Waals surface area contributed by atoms with E-state index in [2.05, 4.69) is 12.2 Å². The molecule has 1 aromatic rings. The molecule has 0 fully saturated rings. The molecule has 0 amide bonds. The number of nitrogens with one attached hydrogen (secondary N) is 1. The lowest BCUT2D eigenvalue weighted by Crippen LogP contribution is -2.35. The van der Waals surface area contributed by atoms with Crippen molar-refractivity contribution in [3.05, 3.63) is 35.1 Å². The van der Waals surface area contributed by atoms with Crippen LogP contribution in [-0.4, -0.2) is 27.1 Å². The Hall–Kier alpha value is -0.970. The fraction of sp³-hybridized carbons (Fsp3) is 0.571. The van der Waals surface area contributed by atoms with Gasteiger partial charge in [0.2, 0.25) is 0 Å². The van der Waals surface area contributed by atoms with Crippen LogP contribution in [0.2, 0.25) is 0 Å². The van der Waals surface area contributed by atoms with Gasteiger partial charge in [-0.05, 0) is 37.1 Å². The van der Waals surface area contributed by atoms with Gasteiger partial charge in [-0.2, -0.15) is 0 Å². The van der Waals surface area contributed by atoms with Gasteiger partial charge in [-0.25, -0.2) is 4.39 Å². The first-order valence-corrected chi connectivity index (χ1v) is 6.19. The molecule has 0 aliphatic carbocycles. The highest BCUT2D eigenvalue weighted by atomic mass is 19.1. The highest BCUT2D eigenvalue weighted by Crippen LogP contribution is 2.22. The van der Waals surface area contributed by atoms with E-state index in [1.54, 1.807) is 27.2 Å². The Morgan fingerprint density at radius 1 is 1.28 bits per heavy atom. The zero-order chi connectivity index (χ0) is 13.5. The number of halogens is 1. The quantitative estimate of drug-likeness (QED) is 0.760. The minimum Gasteiger partial charge on any atom is -0.354 e. The van der Waals surface area contributed by atoms with Gasteiger partial charge in [0.25, 0.3) is 0 Å². The zero-order valence-corrected chi connectivity index (χ0v) is 11.5. The molecule has 0 aromatic heterocycles. The highest BCUT2D eigenvalue weighted by Gasteiger charge is 2.22. The molecule has 3 nitrogen and oxygen atoms in total. The van der Waals surface area contributed by atoms with Crippen molar-refractivity contribution < 1.29 is 13.9 Å². The van der Waals surface area contributed by atoms with E-state index in [-0.39, 0.29) is 18.1 Å². The molecule has 0 saturated heterocycles. The number of hydrogen-bond acceptors (Lipinski definition) is 3. The lowest BCUT2D eigenvalue weighted by Gasteiger charge is -2.26. The van der Waals surface area contributed by atoms with Crippen LogP contribution in [0, 0.1) is 12.7 Å². The second kappa shape index (κ2) is 7.46. The van der Waals surface area contributed by atoms with Crippen LogP contribution in [0.1, 0.15) is 30.5 Å². The first-order valence-electron chi connectivity index (χ1n) is 6.19. The second-order valence-corrected chi connectivity index (χ2v) is 4.28. The van der Waals surface area contributed by atoms with Gasteiger partial charge in [-0.3, -0.25) is 0 Å². The van der Waals surface area contributed by atoms with Crippen molar-refractivity contribution in [3.63, 3.8) is 0 Å². The summed E-state index contributed by atoms with van der Waals surface area (Å²) < 4.78 is 23.9. The summed E-state index contributed by atoms with van der Waals surface area (Å²) in [6, 6.07) is 4.97. The third kappa shape index (κ3) is 3.77. The van der Waals surface area contributed by atoms with Gasteiger partial charge in [0, 0.05) is 14.2 Å². The van der Waals surface area contributed by atoms with E-state index in [9.17, 15) is 4.39 Å². The van der Waals surface area contributed by atoms with Crippen molar-refractivity contribution in [1.29, 1.82) is 0 Å². The number of rotatable bonds is 7. The second-order valence-electron chi connectivity index (χ2n) is 4.28. The molecule has 18 heavy (non-hydrogen) atoms. The van der Waals surface area contributed by atoms with Crippen LogP contribution in [0.5, 0.6) is 0 Å². The Labute approximate surface area is 108 Å². The Morgan fingerprint density at radius 3 is 2.44 bits per heavy atom. The monoisotopic (exact) mass is 255 g/mol. The number of methoxy groups -OCH3 is 2. The van der Waals surface area contributed by atoms with Crippen molar-refractivity contribution in [3.8, 4) is 0 Å². The molecule has 0 aliphatic rings. The van der Waals surface area contributed by atoms with Gasteiger partial charge in [0.1, 0.15) is 5.82 Å². The van der Waals surface area contributed by atoms with Crippen molar-refractivity contribution in [1.82, 2.24) is 5.32 Å². The molecule has 0 aliphatic heterocycles. The molecule has 102 valence electrons. The summed E-state index contributed by atoms with van der Waals surface area (Å²) in [4.78, 5) is 0. The molecule has 0 radical (unpaired) electrons. The third-order valence-corrected chi connectivity index (χ3v) is 2.89. The third-order valence-electron chi connectivity index (χ3n) is 2.89. The lowest BCUT2D eigenvalue weighted by atomic mass is 10.0. The van der Waals surface area contributed by atoms with Crippen LogP contribution in [0.15, 0.2) is 18.2 Å². The van der Waals surface area contributed by atoms with Crippen molar-refractivity contribution in [2.75, 3.05) is 20.8 Å². The maximum Gasteiger partial charge on any atom is 0.176 e. The standard InChI is InChI=1S/C14H22FNO2/c1-5-8-16-13(14(17-3)18-4)11-6-7-12(15)10(2)9-11/h6-7,9,13-14,16H,5,8H2,1-4H3. The minimum atomic E-state index is -0.388. The predicted octanol–water partition coefficient (Wildman–Crippen LogP) is 2.79. The van der Waals surface area contributed by atoms with Crippen LogP contribution in [0.4, 0.5) is 4.39 Å². The Balaban J connectivity index is 2.96. The van der Waals surface area contributed by atoms with E-state index < -0.39 is 0 Å². The van der Waals surface area contributed by atoms with Crippen LogP contribution in [0.3, 0.4) is 0 Å². The molecule has 1 aromatic carbocycles. The molecule has 1 atom stereocenters. The fourth-order valence-electron chi connectivity index (χ4n) is 1.90. The van der Waals surface area contributed by atoms with E-state index in [0.29, 0.717) is 5.56 Å². The average molecular weight is 255 g/mol. The first kappa shape index (κ1) is 15.1. The zero-order valence-electron chi connectivity index (χ0n) is 11.5. The van der Waals surface area contributed by atoms with Gasteiger partial charge >= 0.3 is 0 Å². The topological polar surface area (TPSA) is 30.5 Å². The summed E-state index contributed by atoms with van der Waals surface area (Å²) in [5.74, 6) is -0.195. The molecular weight excluding hydrogens is 233 g/mol. The predicted molar refractivity (Wildman–Crippen MR) is 70.0 cm³/mol. The molecule has 1 N–H and O–H groups in total. The SMILES string of the molecule is CCCNC(c1ccc(F)c(C)c1)C(OC)OC. The van der Waals surface area contributed by atoms with Gasteiger partial charge in [-0.1, -0.05) is 19.1 Å². The summed E-state index contributed by atoms with van der Waals surface area (Å²) in [5, 5.41) is 3.36. The first-order chi connectivity index (χ1) is 8.63. The van der Waals surface area contributed by atoms with Crippen LogP contribution in [0.25, 0.3) is 0 Å². The summed E-state index contributed by atoms with van der Waals surface area (Å²) in [5.41, 5.74) is 1.60. The molecule has 0 heterocycles. The Bertz CT molecular complexity index is 367. The van der Waals surface area contributed by atoms with E-state index in [1.807, 2.05) is 6.07 Å². The highest BCUT2D eigenvalue weighted by molar-refractivity contribution is 5.27. The summed E-state index contributed by atoms with van der Waals surface area (Å²) >= 11 is 0. The molecule has 0 spiro atoms. The van der Waals surface area contributed by atoms with Crippen molar-refractivity contribution >= 4 is 0 Å². The summed E-state index contributed by atoms with van der Waals surface area (Å²) in [6.07, 6.45) is 0.623. The van der Waals surface area contributed by atoms with Crippen LogP contribution in [-0.2, 0) is 9.47 Å². The molecule has 4 heteroatoms. The summed E-state index contributed by atoms with van der Waals surface area (Å²) in [7, 11) is 3.20. The maximum atomic E-state index is 13.3. The molecule has 0 saturated carbocycles. The summed E-state index contributed by atoms with van der Waals surface area (Å²) in [6.45, 7) is 4.70. The number of aryl methyl sites for hydroxylation is 1. The maximum absolute atomic E-state index is 13.3. The van der Waals surface area contributed by atoms with Crippen LogP contribution < -0.4 is 5.32 Å². The van der Waals surface area contributed by atoms with Crippen LogP contribution >= 0.6 is 0 Å². The number of benzene rings is 1. The van der Waals surface area contributed by atoms with Gasteiger partial charge < -0.3 is 14.8 Å². The minimum absolute atomic E-state index is 0.0979. The number of hydrogen-bond donors (Lipinski definition) is 1. The molecule has 0 bridgehead atoms. The van der Waals surface area contributed by atoms with Gasteiger partial charge in [0.15, 0.2) is 6.29 Å². The normalized spacial score (nSPS) is 13.0.